The Balaban J connectivity index is 1.57. The van der Waals surface area contributed by atoms with Crippen molar-refractivity contribution in [3.63, 3.8) is 0 Å². The lowest BCUT2D eigenvalue weighted by atomic mass is 9.46. The number of amides is 1. The van der Waals surface area contributed by atoms with Crippen LogP contribution in [0, 0.1) is 5.92 Å². The molecule has 0 spiro atoms. The number of carbonyl (C=O) groups is 1. The van der Waals surface area contributed by atoms with Gasteiger partial charge in [-0.15, -0.1) is 0 Å². The van der Waals surface area contributed by atoms with Gasteiger partial charge in [-0.05, 0) is 37.9 Å². The highest BCUT2D eigenvalue weighted by atomic mass is 16.2. The quantitative estimate of drug-likeness (QED) is 0.335. The summed E-state index contributed by atoms with van der Waals surface area (Å²) in [6.07, 6.45) is 29.2. The van der Waals surface area contributed by atoms with Crippen LogP contribution < -0.4 is 0 Å². The highest BCUT2D eigenvalue weighted by Gasteiger charge is 2.44. The number of fused-ring (bicyclic) bond motifs is 2. The Labute approximate surface area is 211 Å². The van der Waals surface area contributed by atoms with Crippen LogP contribution >= 0.6 is 0 Å². The molecule has 0 aromatic rings. The maximum atomic E-state index is 14.6. The van der Waals surface area contributed by atoms with Crippen LogP contribution in [0.4, 0.5) is 0 Å². The highest BCUT2D eigenvalue weighted by Crippen LogP contribution is 2.49. The fraction of sp³-hybridized carbons (Fsp3) is 0.833. The predicted octanol–water partition coefficient (Wildman–Crippen LogP) is 7.95. The molecule has 2 nitrogen and oxygen atoms in total. The zero-order chi connectivity index (χ0) is 23.2. The van der Waals surface area contributed by atoms with Crippen LogP contribution in [0.2, 0.25) is 11.6 Å². The first-order valence-electron chi connectivity index (χ1n) is 15.6. The molecule has 1 saturated carbocycles. The van der Waals surface area contributed by atoms with E-state index in [1.807, 2.05) is 0 Å². The van der Waals surface area contributed by atoms with Crippen molar-refractivity contribution in [2.75, 3.05) is 0 Å². The van der Waals surface area contributed by atoms with Crippen molar-refractivity contribution >= 4 is 20.5 Å². The number of hydrogen-bond donors (Lipinski definition) is 0. The third kappa shape index (κ3) is 5.73. The second kappa shape index (κ2) is 12.4. The van der Waals surface area contributed by atoms with Gasteiger partial charge in [0.05, 0.1) is 0 Å². The molecule has 4 heteroatoms. The van der Waals surface area contributed by atoms with Gasteiger partial charge in [-0.2, -0.15) is 0 Å². The van der Waals surface area contributed by atoms with E-state index in [9.17, 15) is 4.79 Å². The molecule has 2 aliphatic heterocycles. The molecular weight excluding hydrogens is 412 g/mol. The highest BCUT2D eigenvalue weighted by molar-refractivity contribution is 6.55. The van der Waals surface area contributed by atoms with E-state index >= 15 is 0 Å². The van der Waals surface area contributed by atoms with E-state index in [1.165, 1.54) is 149 Å². The maximum Gasteiger partial charge on any atom is 0.233 e. The van der Waals surface area contributed by atoms with Crippen LogP contribution in [0.3, 0.4) is 0 Å². The number of carbonyl (C=O) groups excluding carboxylic acids is 1. The van der Waals surface area contributed by atoms with Crippen molar-refractivity contribution in [2.45, 2.75) is 153 Å². The summed E-state index contributed by atoms with van der Waals surface area (Å²) >= 11 is 0. The molecule has 2 fully saturated rings. The van der Waals surface area contributed by atoms with Gasteiger partial charge in [-0.3, -0.25) is 9.69 Å². The summed E-state index contributed by atoms with van der Waals surface area (Å²) in [4.78, 5) is 17.1. The summed E-state index contributed by atoms with van der Waals surface area (Å²) in [5.41, 5.74) is 6.44. The van der Waals surface area contributed by atoms with Gasteiger partial charge in [0.2, 0.25) is 5.91 Å². The van der Waals surface area contributed by atoms with Gasteiger partial charge in [0.1, 0.15) is 7.28 Å². The topological polar surface area (TPSA) is 20.3 Å². The fourth-order valence-electron chi connectivity index (χ4n) is 8.21. The first kappa shape index (κ1) is 24.8. The van der Waals surface area contributed by atoms with Gasteiger partial charge >= 0.3 is 0 Å². The van der Waals surface area contributed by atoms with E-state index in [0.717, 1.165) is 12.8 Å². The van der Waals surface area contributed by atoms with Crippen molar-refractivity contribution in [2.24, 2.45) is 5.92 Å². The molecule has 5 rings (SSSR count). The van der Waals surface area contributed by atoms with E-state index in [0.29, 0.717) is 17.5 Å². The molecule has 186 valence electrons. The average molecular weight is 461 g/mol. The molecule has 0 aromatic carbocycles. The second-order valence-corrected chi connectivity index (χ2v) is 12.5. The normalized spacial score (nSPS) is 32.4. The van der Waals surface area contributed by atoms with E-state index in [2.05, 4.69) is 4.90 Å². The van der Waals surface area contributed by atoms with Gasteiger partial charge in [0, 0.05) is 17.3 Å². The van der Waals surface area contributed by atoms with Gasteiger partial charge in [-0.25, -0.2) is 0 Å². The lowest BCUT2D eigenvalue weighted by molar-refractivity contribution is -0.132. The minimum atomic E-state index is 0.284. The Hall–Kier alpha value is -0.920. The van der Waals surface area contributed by atoms with E-state index in [4.69, 9.17) is 0 Å². The van der Waals surface area contributed by atoms with Crippen LogP contribution in [0.25, 0.3) is 0 Å². The summed E-state index contributed by atoms with van der Waals surface area (Å²) < 4.78 is 0. The summed E-state index contributed by atoms with van der Waals surface area (Å²) in [7, 11) is 2.51. The molecule has 0 radical (unpaired) electrons. The molecule has 1 saturated heterocycles. The molecule has 0 bridgehead atoms. The van der Waals surface area contributed by atoms with Crippen molar-refractivity contribution < 1.29 is 4.79 Å². The van der Waals surface area contributed by atoms with Crippen LogP contribution in [0.5, 0.6) is 0 Å². The van der Waals surface area contributed by atoms with E-state index < -0.39 is 0 Å². The van der Waals surface area contributed by atoms with Crippen LogP contribution in [-0.2, 0) is 4.79 Å². The fourth-order valence-corrected chi connectivity index (χ4v) is 8.21. The van der Waals surface area contributed by atoms with Crippen LogP contribution in [-0.4, -0.2) is 25.4 Å². The summed E-state index contributed by atoms with van der Waals surface area (Å²) in [5.74, 6) is 2.09. The van der Waals surface area contributed by atoms with Gasteiger partial charge in [-0.1, -0.05) is 126 Å². The van der Waals surface area contributed by atoms with Gasteiger partial charge < -0.3 is 0 Å². The van der Waals surface area contributed by atoms with Crippen LogP contribution in [0.1, 0.15) is 141 Å². The Morgan fingerprint density at radius 3 is 1.88 bits per heavy atom. The average Bonchev–Trinajstić information content (AvgIpc) is 2.90. The van der Waals surface area contributed by atoms with Crippen molar-refractivity contribution in [3.8, 4) is 0 Å². The van der Waals surface area contributed by atoms with E-state index in [1.54, 1.807) is 16.6 Å². The van der Waals surface area contributed by atoms with Gasteiger partial charge in [0.15, 0.2) is 7.28 Å². The standard InChI is InChI=1S/C30H49B2NO/c34-30-23-17-11-5-3-7-12-18-24(23)31-26-20-14-8-4-9-15-21-27-29(26)33(30)28-22-16-10-2-1-6-13-19-25(28)32-27/h23-24,26,31-32H,1-22H2. The monoisotopic (exact) mass is 461 g/mol. The van der Waals surface area contributed by atoms with Crippen molar-refractivity contribution in [1.82, 2.24) is 4.90 Å². The number of allylic oxidation sites excluding steroid dienone is 4. The third-order valence-corrected chi connectivity index (χ3v) is 10.1. The molecule has 1 amide bonds. The number of rotatable bonds is 0. The minimum Gasteiger partial charge on any atom is -0.291 e. The zero-order valence-corrected chi connectivity index (χ0v) is 22.1. The Kier molecular flexibility index (Phi) is 9.00. The molecular formula is C30H49B2NO. The summed E-state index contributed by atoms with van der Waals surface area (Å²) in [6, 6.07) is 0. The van der Waals surface area contributed by atoms with Crippen LogP contribution in [0.15, 0.2) is 22.3 Å². The first-order valence-corrected chi connectivity index (χ1v) is 15.6. The smallest absolute Gasteiger partial charge is 0.233 e. The molecule has 5 aliphatic rings. The Morgan fingerprint density at radius 2 is 1.15 bits per heavy atom. The molecule has 0 aromatic heterocycles. The van der Waals surface area contributed by atoms with Crippen molar-refractivity contribution in [1.29, 1.82) is 0 Å². The largest absolute Gasteiger partial charge is 0.291 e. The van der Waals surface area contributed by atoms with Gasteiger partial charge in [0.25, 0.3) is 0 Å². The SMILES string of the molecule is O=C1C2CCCCCCCC2BC2CCCCCCCC3=C2N1C1=C(B3)CCCCCCCC1. The minimum absolute atomic E-state index is 0.284. The number of nitrogens with zero attached hydrogens (tertiary/aromatic N) is 1. The Bertz CT molecular complexity index is 772. The maximum absolute atomic E-state index is 14.6. The molecule has 3 aliphatic carbocycles. The zero-order valence-electron chi connectivity index (χ0n) is 22.1. The number of hydrogen-bond acceptors (Lipinski definition) is 1. The molecule has 34 heavy (non-hydrogen) atoms. The first-order chi connectivity index (χ1) is 16.8. The Morgan fingerprint density at radius 1 is 0.588 bits per heavy atom. The third-order valence-electron chi connectivity index (χ3n) is 10.1. The molecule has 2 heterocycles. The summed E-state index contributed by atoms with van der Waals surface area (Å²) in [5, 5.41) is 0. The lowest BCUT2D eigenvalue weighted by Crippen LogP contribution is -2.40. The van der Waals surface area contributed by atoms with E-state index in [-0.39, 0.29) is 5.92 Å². The lowest BCUT2D eigenvalue weighted by Gasteiger charge is -2.40. The predicted molar refractivity (Wildman–Crippen MR) is 148 cm³/mol. The molecule has 3 unspecified atom stereocenters. The summed E-state index contributed by atoms with van der Waals surface area (Å²) in [6.45, 7) is 0. The molecule has 0 N–H and O–H groups in total. The molecule has 3 atom stereocenters. The second-order valence-electron chi connectivity index (χ2n) is 12.5. The van der Waals surface area contributed by atoms with Crippen molar-refractivity contribution in [3.05, 3.63) is 22.3 Å².